The normalized spacial score (nSPS) is 27.8. The number of aromatic amines is 1. The first-order valence-electron chi connectivity index (χ1n) is 18.6. The molecular weight excluding hydrogens is 643 g/mol. The van der Waals surface area contributed by atoms with E-state index in [1.807, 2.05) is 19.2 Å². The van der Waals surface area contributed by atoms with Crippen LogP contribution in [0.4, 0.5) is 10.1 Å². The van der Waals surface area contributed by atoms with Crippen molar-refractivity contribution in [3.8, 4) is 5.75 Å². The fourth-order valence-electron chi connectivity index (χ4n) is 10.5. The smallest absolute Gasteiger partial charge is 0.272 e. The van der Waals surface area contributed by atoms with Gasteiger partial charge in [0.25, 0.3) is 5.56 Å². The molecule has 10 heteroatoms. The summed E-state index contributed by atoms with van der Waals surface area (Å²) in [6.45, 7) is 3.30. The topological polar surface area (TPSA) is 118 Å². The van der Waals surface area contributed by atoms with Crippen LogP contribution in [-0.2, 0) is 24.6 Å². The van der Waals surface area contributed by atoms with Crippen LogP contribution >= 0.6 is 0 Å². The van der Waals surface area contributed by atoms with Crippen molar-refractivity contribution in [3.63, 3.8) is 0 Å². The van der Waals surface area contributed by atoms with E-state index in [2.05, 4.69) is 62.9 Å². The first-order valence-corrected chi connectivity index (χ1v) is 18.6. The van der Waals surface area contributed by atoms with Crippen LogP contribution in [-0.4, -0.2) is 42.8 Å². The highest BCUT2D eigenvalue weighted by molar-refractivity contribution is 5.97. The van der Waals surface area contributed by atoms with Gasteiger partial charge < -0.3 is 15.2 Å². The van der Waals surface area contributed by atoms with Gasteiger partial charge in [0.1, 0.15) is 23.7 Å². The molecule has 0 amide bonds. The average Bonchev–Trinajstić information content (AvgIpc) is 3.71. The number of aryl methyl sites for hydroxylation is 3. The minimum atomic E-state index is -0.477. The zero-order chi connectivity index (χ0) is 34.9. The number of fused-ring (bicyclic) bond motifs is 5. The number of nitrogens with zero attached hydrogens (tertiary/aromatic N) is 4. The fraction of sp³-hybridized carbons (Fsp3) is 0.463. The first kappa shape index (κ1) is 32.3. The van der Waals surface area contributed by atoms with Gasteiger partial charge in [0.15, 0.2) is 0 Å². The van der Waals surface area contributed by atoms with Crippen molar-refractivity contribution in [3.05, 3.63) is 111 Å². The summed E-state index contributed by atoms with van der Waals surface area (Å²) < 4.78 is 23.1. The van der Waals surface area contributed by atoms with Crippen LogP contribution in [0.5, 0.6) is 5.75 Å². The SMILES string of the molecule is Cn1ncnc1[C@H]1c2n[nH]c(=O)c3cc(F)cc(c23)N[C@@H]1c1ccc(CCCCO[C@H]2CC[C@H]3[C@@H]4CCc5cc(O)ccc5[C@H]4CC[C@]23C)cc1. The van der Waals surface area contributed by atoms with Crippen molar-refractivity contribution in [2.75, 3.05) is 11.9 Å². The highest BCUT2D eigenvalue weighted by atomic mass is 19.1. The van der Waals surface area contributed by atoms with E-state index < -0.39 is 11.4 Å². The molecule has 9 nitrogen and oxygen atoms in total. The Balaban J connectivity index is 0.837. The number of rotatable bonds is 8. The Morgan fingerprint density at radius 1 is 1.06 bits per heavy atom. The molecule has 2 saturated carbocycles. The van der Waals surface area contributed by atoms with Gasteiger partial charge in [-0.15, -0.1) is 0 Å². The third-order valence-corrected chi connectivity index (χ3v) is 13.0. The van der Waals surface area contributed by atoms with E-state index in [9.17, 15) is 14.3 Å². The van der Waals surface area contributed by atoms with E-state index in [-0.39, 0.29) is 22.8 Å². The number of phenols is 1. The van der Waals surface area contributed by atoms with Crippen molar-refractivity contribution >= 4 is 16.5 Å². The number of unbranched alkanes of at least 4 members (excludes halogenated alkanes) is 1. The molecule has 3 aromatic carbocycles. The number of aromatic hydroxyl groups is 1. The van der Waals surface area contributed by atoms with Gasteiger partial charge >= 0.3 is 0 Å². The van der Waals surface area contributed by atoms with Crippen LogP contribution in [0.25, 0.3) is 10.8 Å². The maximum Gasteiger partial charge on any atom is 0.272 e. The second-order valence-corrected chi connectivity index (χ2v) is 15.6. The fourth-order valence-corrected chi connectivity index (χ4v) is 10.5. The second-order valence-electron chi connectivity index (χ2n) is 15.6. The number of ether oxygens (including phenoxy) is 1. The third-order valence-electron chi connectivity index (χ3n) is 13.0. The Bertz CT molecular complexity index is 2160. The predicted molar refractivity (Wildman–Crippen MR) is 193 cm³/mol. The summed E-state index contributed by atoms with van der Waals surface area (Å²) in [4.78, 5) is 17.2. The number of phenolic OH excluding ortho intramolecular Hbond substituents is 1. The van der Waals surface area contributed by atoms with E-state index in [4.69, 9.17) is 4.74 Å². The number of hydrogen-bond acceptors (Lipinski definition) is 7. The molecule has 264 valence electrons. The van der Waals surface area contributed by atoms with Gasteiger partial charge in [-0.2, -0.15) is 10.2 Å². The molecule has 0 bridgehead atoms. The number of halogens is 1. The van der Waals surface area contributed by atoms with Crippen molar-refractivity contribution < 1.29 is 14.2 Å². The highest BCUT2D eigenvalue weighted by Crippen LogP contribution is 2.61. The van der Waals surface area contributed by atoms with Crippen LogP contribution in [0.2, 0.25) is 0 Å². The van der Waals surface area contributed by atoms with Crippen LogP contribution in [0.3, 0.4) is 0 Å². The average molecular weight is 689 g/mol. The lowest BCUT2D eigenvalue weighted by Crippen LogP contribution is -2.44. The number of aromatic nitrogens is 5. The highest BCUT2D eigenvalue weighted by Gasteiger charge is 2.55. The quantitative estimate of drug-likeness (QED) is 0.145. The maximum absolute atomic E-state index is 14.7. The van der Waals surface area contributed by atoms with Crippen LogP contribution in [0.1, 0.15) is 104 Å². The number of nitrogens with one attached hydrogen (secondary N) is 2. The monoisotopic (exact) mass is 688 g/mol. The molecule has 4 aliphatic rings. The van der Waals surface area contributed by atoms with Gasteiger partial charge in [0.2, 0.25) is 0 Å². The van der Waals surface area contributed by atoms with E-state index >= 15 is 0 Å². The van der Waals surface area contributed by atoms with E-state index in [1.54, 1.807) is 4.68 Å². The van der Waals surface area contributed by atoms with Gasteiger partial charge in [0.05, 0.1) is 29.1 Å². The number of anilines is 1. The maximum atomic E-state index is 14.7. The molecule has 2 aromatic heterocycles. The van der Waals surface area contributed by atoms with Crippen LogP contribution in [0.15, 0.2) is 65.7 Å². The summed E-state index contributed by atoms with van der Waals surface area (Å²) >= 11 is 0. The summed E-state index contributed by atoms with van der Waals surface area (Å²) in [6, 6.07) is 17.1. The van der Waals surface area contributed by atoms with Crippen molar-refractivity contribution in [2.24, 2.45) is 24.3 Å². The van der Waals surface area contributed by atoms with Gasteiger partial charge in [-0.05, 0) is 127 Å². The minimum absolute atomic E-state index is 0.254. The van der Waals surface area contributed by atoms with E-state index in [1.165, 1.54) is 60.8 Å². The van der Waals surface area contributed by atoms with Crippen molar-refractivity contribution in [1.82, 2.24) is 25.0 Å². The summed E-state index contributed by atoms with van der Waals surface area (Å²) in [5.41, 5.74) is 6.14. The largest absolute Gasteiger partial charge is 0.508 e. The zero-order valence-electron chi connectivity index (χ0n) is 29.2. The van der Waals surface area contributed by atoms with Crippen molar-refractivity contribution in [1.29, 1.82) is 0 Å². The molecule has 51 heavy (non-hydrogen) atoms. The van der Waals surface area contributed by atoms with Crippen molar-refractivity contribution in [2.45, 2.75) is 88.7 Å². The summed E-state index contributed by atoms with van der Waals surface area (Å²) in [5.74, 6) is 2.33. The molecule has 3 heterocycles. The number of H-pyrrole nitrogens is 1. The zero-order valence-corrected chi connectivity index (χ0v) is 29.2. The molecule has 0 radical (unpaired) electrons. The van der Waals surface area contributed by atoms with E-state index in [0.717, 1.165) is 50.2 Å². The molecule has 7 atom stereocenters. The van der Waals surface area contributed by atoms with Crippen LogP contribution in [0, 0.1) is 23.1 Å². The molecule has 1 aliphatic heterocycles. The lowest BCUT2D eigenvalue weighted by molar-refractivity contribution is -0.0646. The third kappa shape index (κ3) is 5.45. The molecule has 0 saturated heterocycles. The molecule has 9 rings (SSSR count). The molecule has 3 aliphatic carbocycles. The molecular formula is C41H45FN6O3. The minimum Gasteiger partial charge on any atom is -0.508 e. The molecule has 5 aromatic rings. The Morgan fingerprint density at radius 2 is 1.92 bits per heavy atom. The molecule has 0 spiro atoms. The Kier molecular flexibility index (Phi) is 7.98. The Morgan fingerprint density at radius 3 is 2.75 bits per heavy atom. The van der Waals surface area contributed by atoms with Gasteiger partial charge in [-0.25, -0.2) is 14.5 Å². The van der Waals surface area contributed by atoms with Gasteiger partial charge in [-0.3, -0.25) is 9.48 Å². The predicted octanol–water partition coefficient (Wildman–Crippen LogP) is 7.46. The summed E-state index contributed by atoms with van der Waals surface area (Å²) in [5, 5.41) is 25.8. The first-order chi connectivity index (χ1) is 24.8. The van der Waals surface area contributed by atoms with Gasteiger partial charge in [-0.1, -0.05) is 37.3 Å². The van der Waals surface area contributed by atoms with Crippen LogP contribution < -0.4 is 10.9 Å². The Labute approximate surface area is 296 Å². The lowest BCUT2D eigenvalue weighted by atomic mass is 9.55. The summed E-state index contributed by atoms with van der Waals surface area (Å²) in [6.07, 6.45) is 12.1. The number of benzene rings is 3. The standard InChI is InChI=1S/C41H45FN6O3/c1-41-17-16-29-28-13-11-27(49)19-25(28)10-12-30(29)32(41)14-15-34(41)51-18-4-3-5-23-6-8-24(9-7-23)37-36(39-43-22-44-48(39)2)38-35-31(40(50)47-46-38)20-26(42)21-33(35)45-37/h6-9,11,13,19-22,29-30,32,34,36-37,45,49H,3-5,10,12,14-18H2,1-2H3,(H,47,50)/t29-,30-,32+,34+,36-,37-,41+/m1/s1. The number of hydrogen-bond donors (Lipinski definition) is 3. The van der Waals surface area contributed by atoms with E-state index in [0.29, 0.717) is 46.3 Å². The second kappa shape index (κ2) is 12.6. The Hall–Kier alpha value is -4.57. The molecule has 3 N–H and O–H groups in total. The lowest BCUT2D eigenvalue weighted by Gasteiger charge is -2.50. The molecule has 0 unspecified atom stereocenters. The summed E-state index contributed by atoms with van der Waals surface area (Å²) in [7, 11) is 1.84. The molecule has 2 fully saturated rings. The van der Waals surface area contributed by atoms with Gasteiger partial charge in [0, 0.05) is 24.7 Å².